The number of hydrogen-bond donors (Lipinski definition) is 2. The Labute approximate surface area is 159 Å². The number of imide groups is 1. The predicted octanol–water partition coefficient (Wildman–Crippen LogP) is 2.77. The van der Waals surface area contributed by atoms with Crippen molar-refractivity contribution in [2.75, 3.05) is 6.61 Å². The van der Waals surface area contributed by atoms with E-state index in [1.807, 2.05) is 32.0 Å². The van der Waals surface area contributed by atoms with Gasteiger partial charge >= 0.3 is 12.0 Å². The van der Waals surface area contributed by atoms with Gasteiger partial charge in [-0.15, -0.1) is 0 Å². The minimum absolute atomic E-state index is 0.0927. The Morgan fingerprint density at radius 1 is 1.11 bits per heavy atom. The molecule has 1 unspecified atom stereocenters. The van der Waals surface area contributed by atoms with Gasteiger partial charge in [-0.1, -0.05) is 37.5 Å². The molecule has 1 saturated carbocycles. The highest BCUT2D eigenvalue weighted by Gasteiger charge is 2.22. The van der Waals surface area contributed by atoms with E-state index < -0.39 is 24.0 Å². The molecule has 0 aromatic heterocycles. The van der Waals surface area contributed by atoms with E-state index in [0.29, 0.717) is 5.75 Å². The maximum Gasteiger partial charge on any atom is 0.344 e. The molecule has 1 aromatic rings. The van der Waals surface area contributed by atoms with Crippen molar-refractivity contribution in [1.82, 2.24) is 10.6 Å². The Morgan fingerprint density at radius 2 is 1.74 bits per heavy atom. The Bertz CT molecular complexity index is 663. The van der Waals surface area contributed by atoms with Gasteiger partial charge in [0.2, 0.25) is 0 Å². The summed E-state index contributed by atoms with van der Waals surface area (Å²) in [4.78, 5) is 35.8. The van der Waals surface area contributed by atoms with Crippen LogP contribution in [-0.2, 0) is 14.3 Å². The first-order valence-corrected chi connectivity index (χ1v) is 9.36. The number of urea groups is 1. The van der Waals surface area contributed by atoms with Crippen molar-refractivity contribution in [2.24, 2.45) is 0 Å². The van der Waals surface area contributed by atoms with Crippen molar-refractivity contribution in [3.05, 3.63) is 29.3 Å². The quantitative estimate of drug-likeness (QED) is 0.745. The fourth-order valence-corrected chi connectivity index (χ4v) is 3.12. The van der Waals surface area contributed by atoms with Crippen LogP contribution >= 0.6 is 0 Å². The lowest BCUT2D eigenvalue weighted by atomic mass is 9.96. The lowest BCUT2D eigenvalue weighted by Crippen LogP contribution is -2.48. The summed E-state index contributed by atoms with van der Waals surface area (Å²) in [6, 6.07) is 5.21. The normalized spacial score (nSPS) is 15.5. The Morgan fingerprint density at radius 3 is 2.37 bits per heavy atom. The maximum atomic E-state index is 12.0. The van der Waals surface area contributed by atoms with Crippen LogP contribution in [0, 0.1) is 13.8 Å². The average Bonchev–Trinajstić information content (AvgIpc) is 2.62. The first-order valence-electron chi connectivity index (χ1n) is 9.36. The minimum atomic E-state index is -1.09. The van der Waals surface area contributed by atoms with Crippen molar-refractivity contribution in [1.29, 1.82) is 0 Å². The second kappa shape index (κ2) is 9.94. The summed E-state index contributed by atoms with van der Waals surface area (Å²) in [5.74, 6) is -0.713. The van der Waals surface area contributed by atoms with E-state index >= 15 is 0 Å². The molecule has 1 fully saturated rings. The zero-order valence-electron chi connectivity index (χ0n) is 16.2. The molecule has 1 aromatic carbocycles. The van der Waals surface area contributed by atoms with Gasteiger partial charge in [-0.25, -0.2) is 9.59 Å². The van der Waals surface area contributed by atoms with Gasteiger partial charge in [-0.2, -0.15) is 0 Å². The van der Waals surface area contributed by atoms with Gasteiger partial charge in [0.1, 0.15) is 5.75 Å². The summed E-state index contributed by atoms with van der Waals surface area (Å²) in [6.45, 7) is 4.88. The van der Waals surface area contributed by atoms with Crippen molar-refractivity contribution >= 4 is 17.9 Å². The second-order valence-corrected chi connectivity index (χ2v) is 6.94. The summed E-state index contributed by atoms with van der Waals surface area (Å²) >= 11 is 0. The monoisotopic (exact) mass is 376 g/mol. The first-order chi connectivity index (χ1) is 12.9. The molecular weight excluding hydrogens is 348 g/mol. The number of benzene rings is 1. The van der Waals surface area contributed by atoms with Crippen molar-refractivity contribution < 1.29 is 23.9 Å². The summed E-state index contributed by atoms with van der Waals surface area (Å²) in [5.41, 5.74) is 1.82. The predicted molar refractivity (Wildman–Crippen MR) is 101 cm³/mol. The molecular formula is C20H28N2O5. The number of para-hydroxylation sites is 1. The van der Waals surface area contributed by atoms with Gasteiger partial charge < -0.3 is 14.8 Å². The topological polar surface area (TPSA) is 93.7 Å². The fraction of sp³-hybridized carbons (Fsp3) is 0.550. The highest BCUT2D eigenvalue weighted by Crippen LogP contribution is 2.22. The number of amides is 3. The molecule has 0 radical (unpaired) electrons. The van der Waals surface area contributed by atoms with Crippen LogP contribution < -0.4 is 15.4 Å². The summed E-state index contributed by atoms with van der Waals surface area (Å²) in [5, 5.41) is 5.00. The van der Waals surface area contributed by atoms with Gasteiger partial charge in [-0.3, -0.25) is 10.1 Å². The number of ether oxygens (including phenoxy) is 2. The zero-order chi connectivity index (χ0) is 19.8. The molecule has 3 amide bonds. The van der Waals surface area contributed by atoms with Gasteiger partial charge in [0, 0.05) is 6.04 Å². The standard InChI is InChI=1S/C20H28N2O5/c1-13-8-7-9-14(2)18(13)26-12-17(23)27-15(3)19(24)22-20(25)21-16-10-5-4-6-11-16/h7-9,15-16H,4-6,10-12H2,1-3H3,(H2,21,22,24,25). The van der Waals surface area contributed by atoms with Crippen LogP contribution in [-0.4, -0.2) is 36.7 Å². The molecule has 7 nitrogen and oxygen atoms in total. The van der Waals surface area contributed by atoms with E-state index in [1.165, 1.54) is 13.3 Å². The second-order valence-electron chi connectivity index (χ2n) is 6.94. The molecule has 1 aliphatic carbocycles. The molecule has 1 atom stereocenters. The molecule has 0 bridgehead atoms. The van der Waals surface area contributed by atoms with E-state index in [1.54, 1.807) is 0 Å². The van der Waals surface area contributed by atoms with Crippen LogP contribution in [0.25, 0.3) is 0 Å². The van der Waals surface area contributed by atoms with Gasteiger partial charge in [0.25, 0.3) is 5.91 Å². The first kappa shape index (κ1) is 20.7. The van der Waals surface area contributed by atoms with Crippen LogP contribution in [0.2, 0.25) is 0 Å². The molecule has 7 heteroatoms. The fourth-order valence-electron chi connectivity index (χ4n) is 3.12. The maximum absolute atomic E-state index is 12.0. The van der Waals surface area contributed by atoms with E-state index in [2.05, 4.69) is 10.6 Å². The third-order valence-corrected chi connectivity index (χ3v) is 4.60. The van der Waals surface area contributed by atoms with Crippen LogP contribution in [0.3, 0.4) is 0 Å². The van der Waals surface area contributed by atoms with Gasteiger partial charge in [0.05, 0.1) is 0 Å². The van der Waals surface area contributed by atoms with Gasteiger partial charge in [0.15, 0.2) is 12.7 Å². The number of carbonyl (C=O) groups is 3. The highest BCUT2D eigenvalue weighted by molar-refractivity contribution is 5.97. The summed E-state index contributed by atoms with van der Waals surface area (Å²) < 4.78 is 10.6. The molecule has 0 spiro atoms. The number of esters is 1. The number of rotatable bonds is 6. The lowest BCUT2D eigenvalue weighted by Gasteiger charge is -2.23. The van der Waals surface area contributed by atoms with Crippen LogP contribution in [0.1, 0.15) is 50.2 Å². The molecule has 27 heavy (non-hydrogen) atoms. The van der Waals surface area contributed by atoms with Crippen molar-refractivity contribution in [3.63, 3.8) is 0 Å². The third-order valence-electron chi connectivity index (χ3n) is 4.60. The molecule has 0 heterocycles. The number of hydrogen-bond acceptors (Lipinski definition) is 5. The van der Waals surface area contributed by atoms with E-state index in [9.17, 15) is 14.4 Å². The van der Waals surface area contributed by atoms with Crippen molar-refractivity contribution in [2.45, 2.75) is 65.0 Å². The average molecular weight is 376 g/mol. The van der Waals surface area contributed by atoms with Crippen LogP contribution in [0.4, 0.5) is 4.79 Å². The highest BCUT2D eigenvalue weighted by atomic mass is 16.6. The van der Waals surface area contributed by atoms with E-state index in [-0.39, 0.29) is 12.6 Å². The third kappa shape index (κ3) is 6.58. The summed E-state index contributed by atoms with van der Waals surface area (Å²) in [7, 11) is 0. The Balaban J connectivity index is 1.74. The van der Waals surface area contributed by atoms with Crippen LogP contribution in [0.5, 0.6) is 5.75 Å². The number of aryl methyl sites for hydroxylation is 2. The number of carbonyl (C=O) groups excluding carboxylic acids is 3. The number of nitrogens with one attached hydrogen (secondary N) is 2. The van der Waals surface area contributed by atoms with E-state index in [4.69, 9.17) is 9.47 Å². The summed E-state index contributed by atoms with van der Waals surface area (Å²) in [6.07, 6.45) is 4.08. The Hall–Kier alpha value is -2.57. The minimum Gasteiger partial charge on any atom is -0.481 e. The van der Waals surface area contributed by atoms with Crippen molar-refractivity contribution in [3.8, 4) is 5.75 Å². The smallest absolute Gasteiger partial charge is 0.344 e. The lowest BCUT2D eigenvalue weighted by molar-refractivity contribution is -0.156. The Kier molecular flexibility index (Phi) is 7.64. The molecule has 0 saturated heterocycles. The molecule has 2 rings (SSSR count). The van der Waals surface area contributed by atoms with Crippen LogP contribution in [0.15, 0.2) is 18.2 Å². The molecule has 0 aliphatic heterocycles. The zero-order valence-corrected chi connectivity index (χ0v) is 16.2. The molecule has 2 N–H and O–H groups in total. The largest absolute Gasteiger partial charge is 0.481 e. The van der Waals surface area contributed by atoms with Gasteiger partial charge in [-0.05, 0) is 44.7 Å². The molecule has 1 aliphatic rings. The molecule has 148 valence electrons. The SMILES string of the molecule is Cc1cccc(C)c1OCC(=O)OC(C)C(=O)NC(=O)NC1CCCCC1. The van der Waals surface area contributed by atoms with E-state index in [0.717, 1.165) is 36.8 Å².